The van der Waals surface area contributed by atoms with Crippen LogP contribution in [-0.4, -0.2) is 32.2 Å². The molecule has 0 saturated heterocycles. The summed E-state index contributed by atoms with van der Waals surface area (Å²) in [6.07, 6.45) is 0. The van der Waals surface area contributed by atoms with Gasteiger partial charge in [0.15, 0.2) is 0 Å². The highest BCUT2D eigenvalue weighted by molar-refractivity contribution is 7.18. The lowest BCUT2D eigenvalue weighted by Crippen LogP contribution is -2.23. The van der Waals surface area contributed by atoms with Gasteiger partial charge in [-0.25, -0.2) is 5.43 Å². The minimum absolute atomic E-state index is 0.140. The van der Waals surface area contributed by atoms with Crippen molar-refractivity contribution in [2.75, 3.05) is 5.32 Å². The monoisotopic (exact) mass is 460 g/mol. The number of carbonyl (C=O) groups excluding carboxylic acids is 2. The molecule has 2 heterocycles. The average Bonchev–Trinajstić information content (AvgIpc) is 3.28. The van der Waals surface area contributed by atoms with Gasteiger partial charge in [-0.1, -0.05) is 23.7 Å². The Bertz CT molecular complexity index is 1200. The zero-order valence-electron chi connectivity index (χ0n) is 16.7. The fraction of sp³-hybridized carbons (Fsp3) is 0.158. The molecule has 2 aromatic heterocycles. The molecule has 0 aliphatic rings. The van der Waals surface area contributed by atoms with E-state index in [9.17, 15) is 19.7 Å². The zero-order chi connectivity index (χ0) is 22.7. The first-order chi connectivity index (χ1) is 14.7. The van der Waals surface area contributed by atoms with Crippen LogP contribution >= 0.6 is 22.9 Å². The van der Waals surface area contributed by atoms with Crippen molar-refractivity contribution in [3.05, 3.63) is 72.7 Å². The van der Waals surface area contributed by atoms with Crippen molar-refractivity contribution < 1.29 is 14.5 Å². The summed E-state index contributed by atoms with van der Waals surface area (Å²) in [6.45, 7) is 3.13. The van der Waals surface area contributed by atoms with E-state index in [2.05, 4.69) is 20.9 Å². The first-order valence-electron chi connectivity index (χ1n) is 8.87. The maximum absolute atomic E-state index is 12.4. The number of amides is 2. The number of nitrogens with one attached hydrogen (secondary N) is 2. The third kappa shape index (κ3) is 4.95. The Kier molecular flexibility index (Phi) is 6.47. The minimum atomic E-state index is -0.743. The van der Waals surface area contributed by atoms with E-state index in [-0.39, 0.29) is 23.0 Å². The van der Waals surface area contributed by atoms with Crippen molar-refractivity contribution in [2.24, 2.45) is 12.1 Å². The molecule has 0 aliphatic heterocycles. The number of benzene rings is 1. The van der Waals surface area contributed by atoms with E-state index in [0.717, 1.165) is 4.68 Å². The molecule has 0 bridgehead atoms. The molecule has 12 heteroatoms. The smallest absolute Gasteiger partial charge is 0.321 e. The van der Waals surface area contributed by atoms with E-state index >= 15 is 0 Å². The number of hydrogen-bond donors (Lipinski definition) is 2. The number of rotatable bonds is 6. The topological polar surface area (TPSA) is 132 Å². The van der Waals surface area contributed by atoms with Gasteiger partial charge in [0.2, 0.25) is 5.69 Å². The Morgan fingerprint density at radius 1 is 1.19 bits per heavy atom. The lowest BCUT2D eigenvalue weighted by atomic mass is 10.1. The third-order valence-corrected chi connectivity index (χ3v) is 5.50. The zero-order valence-corrected chi connectivity index (χ0v) is 18.2. The maximum Gasteiger partial charge on any atom is 0.322 e. The molecule has 2 N–H and O–H groups in total. The molecule has 10 nitrogen and oxygen atoms in total. The first kappa shape index (κ1) is 22.1. The van der Waals surface area contributed by atoms with Crippen LogP contribution in [0.15, 0.2) is 41.5 Å². The normalized spacial score (nSPS) is 11.3. The number of halogens is 1. The van der Waals surface area contributed by atoms with Gasteiger partial charge in [0.1, 0.15) is 5.69 Å². The Hall–Kier alpha value is -3.57. The van der Waals surface area contributed by atoms with E-state index in [0.29, 0.717) is 26.2 Å². The molecule has 0 radical (unpaired) electrons. The van der Waals surface area contributed by atoms with E-state index in [1.807, 2.05) is 0 Å². The summed E-state index contributed by atoms with van der Waals surface area (Å²) in [5.41, 5.74) is 3.65. The van der Waals surface area contributed by atoms with Crippen LogP contribution in [0.2, 0.25) is 4.34 Å². The van der Waals surface area contributed by atoms with Crippen LogP contribution < -0.4 is 10.7 Å². The highest BCUT2D eigenvalue weighted by Gasteiger charge is 2.29. The van der Waals surface area contributed by atoms with Crippen LogP contribution in [0.25, 0.3) is 0 Å². The summed E-state index contributed by atoms with van der Waals surface area (Å²) in [7, 11) is 1.45. The van der Waals surface area contributed by atoms with Crippen molar-refractivity contribution in [3.63, 3.8) is 0 Å². The van der Waals surface area contributed by atoms with Crippen molar-refractivity contribution in [3.8, 4) is 0 Å². The van der Waals surface area contributed by atoms with Gasteiger partial charge in [0.25, 0.3) is 11.8 Å². The van der Waals surface area contributed by atoms with Crippen molar-refractivity contribution in [1.82, 2.24) is 15.2 Å². The molecule has 0 saturated carbocycles. The molecule has 3 rings (SSSR count). The fourth-order valence-corrected chi connectivity index (χ4v) is 3.73. The van der Waals surface area contributed by atoms with Crippen LogP contribution in [0.5, 0.6) is 0 Å². The van der Waals surface area contributed by atoms with E-state index in [1.54, 1.807) is 43.3 Å². The van der Waals surface area contributed by atoms with E-state index in [1.165, 1.54) is 25.3 Å². The van der Waals surface area contributed by atoms with Gasteiger partial charge in [-0.3, -0.25) is 24.4 Å². The fourth-order valence-electron chi connectivity index (χ4n) is 2.80. The van der Waals surface area contributed by atoms with Gasteiger partial charge < -0.3 is 5.32 Å². The summed E-state index contributed by atoms with van der Waals surface area (Å²) in [6, 6.07) is 10.1. The van der Waals surface area contributed by atoms with Crippen molar-refractivity contribution in [1.29, 1.82) is 0 Å². The summed E-state index contributed by atoms with van der Waals surface area (Å²) in [4.78, 5) is 35.7. The average molecular weight is 461 g/mol. The van der Waals surface area contributed by atoms with Gasteiger partial charge in [-0.2, -0.15) is 10.2 Å². The standard InChI is InChI=1S/C19H17ClN6O4S/c1-10(22-23-19(28)17-16(26(29)30)11(2)24-25(17)3)12-4-6-13(7-5-12)21-18(27)14-8-9-15(20)31-14/h4-9H,1-3H3,(H,21,27)(H,23,28)/b22-10+. The number of hydrogen-bond acceptors (Lipinski definition) is 7. The molecule has 0 unspecified atom stereocenters. The summed E-state index contributed by atoms with van der Waals surface area (Å²) in [5.74, 6) is -1.01. The second kappa shape index (κ2) is 9.06. The molecule has 31 heavy (non-hydrogen) atoms. The quantitative estimate of drug-likeness (QED) is 0.328. The largest absolute Gasteiger partial charge is 0.322 e. The molecule has 0 atom stereocenters. The van der Waals surface area contributed by atoms with Crippen molar-refractivity contribution >= 4 is 51.8 Å². The second-order valence-corrected chi connectivity index (χ2v) is 8.15. The van der Waals surface area contributed by atoms with Crippen LogP contribution in [-0.2, 0) is 7.05 Å². The molecule has 2 amide bonds. The van der Waals surface area contributed by atoms with Gasteiger partial charge in [-0.15, -0.1) is 11.3 Å². The van der Waals surface area contributed by atoms with Crippen molar-refractivity contribution in [2.45, 2.75) is 13.8 Å². The molecule has 160 valence electrons. The van der Waals surface area contributed by atoms with Gasteiger partial charge in [-0.05, 0) is 43.7 Å². The lowest BCUT2D eigenvalue weighted by molar-refractivity contribution is -0.385. The number of thiophene rings is 1. The number of aryl methyl sites for hydroxylation is 2. The molecule has 1 aromatic carbocycles. The van der Waals surface area contributed by atoms with E-state index in [4.69, 9.17) is 11.6 Å². The molecule has 0 fully saturated rings. The van der Waals surface area contributed by atoms with Crippen LogP contribution in [0.4, 0.5) is 11.4 Å². The first-order valence-corrected chi connectivity index (χ1v) is 10.1. The SMILES string of the molecule is C/C(=N\NC(=O)c1c([N+](=O)[O-])c(C)nn1C)c1ccc(NC(=O)c2ccc(Cl)s2)cc1. The maximum atomic E-state index is 12.4. The van der Waals surface area contributed by atoms with Gasteiger partial charge in [0.05, 0.1) is 19.8 Å². The molecular weight excluding hydrogens is 444 g/mol. The highest BCUT2D eigenvalue weighted by atomic mass is 35.5. The number of carbonyl (C=O) groups is 2. The molecular formula is C19H17ClN6O4S. The van der Waals surface area contributed by atoms with Gasteiger partial charge in [0, 0.05) is 12.7 Å². The minimum Gasteiger partial charge on any atom is -0.321 e. The molecule has 0 spiro atoms. The summed E-state index contributed by atoms with van der Waals surface area (Å²) >= 11 is 7.03. The number of nitrogens with zero attached hydrogens (tertiary/aromatic N) is 4. The molecule has 3 aromatic rings. The number of anilines is 1. The molecule has 0 aliphatic carbocycles. The van der Waals surface area contributed by atoms with E-state index < -0.39 is 10.8 Å². The van der Waals surface area contributed by atoms with Gasteiger partial charge >= 0.3 is 5.69 Å². The Labute approximate surface area is 185 Å². The summed E-state index contributed by atoms with van der Waals surface area (Å²) in [5, 5.41) is 21.9. The third-order valence-electron chi connectivity index (χ3n) is 4.27. The lowest BCUT2D eigenvalue weighted by Gasteiger charge is -2.06. The van der Waals surface area contributed by atoms with Crippen LogP contribution in [0.3, 0.4) is 0 Å². The Morgan fingerprint density at radius 3 is 2.45 bits per heavy atom. The predicted octanol–water partition coefficient (Wildman–Crippen LogP) is 3.76. The number of hydrazone groups is 1. The summed E-state index contributed by atoms with van der Waals surface area (Å²) < 4.78 is 1.67. The second-order valence-electron chi connectivity index (χ2n) is 6.44. The Balaban J connectivity index is 1.69. The van der Waals surface area contributed by atoms with Crippen LogP contribution in [0.1, 0.15) is 38.3 Å². The Morgan fingerprint density at radius 2 is 1.87 bits per heavy atom. The van der Waals surface area contributed by atoms with Crippen LogP contribution in [0, 0.1) is 17.0 Å². The highest BCUT2D eigenvalue weighted by Crippen LogP contribution is 2.23. The number of nitro groups is 1. The predicted molar refractivity (Wildman–Crippen MR) is 118 cm³/mol. The number of aromatic nitrogens is 2.